The smallest absolute Gasteiger partial charge is 0.0972 e. The average molecular weight is 374 g/mol. The summed E-state index contributed by atoms with van der Waals surface area (Å²) in [5.41, 5.74) is 6.05. The zero-order chi connectivity index (χ0) is 19.2. The van der Waals surface area contributed by atoms with Crippen LogP contribution in [0.3, 0.4) is 0 Å². The molecule has 0 aliphatic carbocycles. The summed E-state index contributed by atoms with van der Waals surface area (Å²) in [5, 5.41) is 9.30. The topological polar surface area (TPSA) is 80.6 Å². The van der Waals surface area contributed by atoms with Crippen molar-refractivity contribution < 1.29 is 4.39 Å². The first-order chi connectivity index (χ1) is 12.3. The van der Waals surface area contributed by atoms with Crippen molar-refractivity contribution >= 4 is 0 Å². The summed E-state index contributed by atoms with van der Waals surface area (Å²) in [7, 11) is 1.95. The summed E-state index contributed by atoms with van der Waals surface area (Å²) in [6, 6.07) is 0.368. The highest BCUT2D eigenvalue weighted by Crippen LogP contribution is 2.29. The van der Waals surface area contributed by atoms with Crippen LogP contribution in [0, 0.1) is 10.8 Å². The lowest BCUT2D eigenvalue weighted by Gasteiger charge is -2.38. The Balaban J connectivity index is 1.98. The normalized spacial score (nSPS) is 36.5. The Morgan fingerprint density at radius 3 is 2.62 bits per heavy atom. The van der Waals surface area contributed by atoms with Gasteiger partial charge in [0.05, 0.1) is 12.8 Å². The van der Waals surface area contributed by atoms with E-state index in [4.69, 9.17) is 5.84 Å². The SMILES string of the molecule is CNN1CC(C)(CF)CNCC1CCC1(C)CNCCN(C(C)NN)C1. The van der Waals surface area contributed by atoms with E-state index in [-0.39, 0.29) is 23.7 Å². The molecule has 0 spiro atoms. The van der Waals surface area contributed by atoms with Gasteiger partial charge in [0.15, 0.2) is 0 Å². The number of hydrazine groups is 2. The van der Waals surface area contributed by atoms with Crippen molar-refractivity contribution in [2.45, 2.75) is 45.8 Å². The van der Waals surface area contributed by atoms with Gasteiger partial charge in [-0.3, -0.25) is 20.6 Å². The molecule has 6 N–H and O–H groups in total. The van der Waals surface area contributed by atoms with Crippen LogP contribution in [-0.2, 0) is 0 Å². The second kappa shape index (κ2) is 9.73. The predicted octanol–water partition coefficient (Wildman–Crippen LogP) is -0.129. The average Bonchev–Trinajstić information content (AvgIpc) is 2.93. The first-order valence-electron chi connectivity index (χ1n) is 9.96. The van der Waals surface area contributed by atoms with Crippen molar-refractivity contribution in [1.82, 2.24) is 31.4 Å². The lowest BCUT2D eigenvalue weighted by Crippen LogP contribution is -2.51. The number of halogens is 1. The van der Waals surface area contributed by atoms with Crippen LogP contribution in [0.4, 0.5) is 4.39 Å². The van der Waals surface area contributed by atoms with Crippen LogP contribution in [0.1, 0.15) is 33.6 Å². The zero-order valence-corrected chi connectivity index (χ0v) is 17.1. The van der Waals surface area contributed by atoms with Crippen LogP contribution in [0.5, 0.6) is 0 Å². The third kappa shape index (κ3) is 5.82. The molecule has 2 rings (SSSR count). The lowest BCUT2D eigenvalue weighted by molar-refractivity contribution is 0.0685. The summed E-state index contributed by atoms with van der Waals surface area (Å²) in [6.07, 6.45) is 2.37. The molecule has 2 saturated heterocycles. The maximum Gasteiger partial charge on any atom is 0.0972 e. The highest BCUT2D eigenvalue weighted by Gasteiger charge is 2.36. The monoisotopic (exact) mass is 373 g/mol. The van der Waals surface area contributed by atoms with Crippen molar-refractivity contribution in [3.05, 3.63) is 0 Å². The largest absolute Gasteiger partial charge is 0.315 e. The fourth-order valence-electron chi connectivity index (χ4n) is 4.21. The summed E-state index contributed by atoms with van der Waals surface area (Å²) in [5.74, 6) is 5.66. The van der Waals surface area contributed by atoms with Crippen LogP contribution in [0.25, 0.3) is 0 Å². The summed E-state index contributed by atoms with van der Waals surface area (Å²) in [4.78, 5) is 2.42. The molecule has 2 fully saturated rings. The minimum Gasteiger partial charge on any atom is -0.315 e. The molecule has 0 aromatic rings. The van der Waals surface area contributed by atoms with Gasteiger partial charge in [0, 0.05) is 57.3 Å². The minimum absolute atomic E-state index is 0.174. The van der Waals surface area contributed by atoms with Crippen LogP contribution >= 0.6 is 0 Å². The van der Waals surface area contributed by atoms with Gasteiger partial charge < -0.3 is 10.6 Å². The molecule has 26 heavy (non-hydrogen) atoms. The highest BCUT2D eigenvalue weighted by atomic mass is 19.1. The molecule has 4 unspecified atom stereocenters. The number of hydrogen-bond donors (Lipinski definition) is 5. The van der Waals surface area contributed by atoms with Gasteiger partial charge >= 0.3 is 0 Å². The molecule has 7 nitrogen and oxygen atoms in total. The first-order valence-corrected chi connectivity index (χ1v) is 9.96. The fraction of sp³-hybridized carbons (Fsp3) is 1.00. The third-order valence-electron chi connectivity index (χ3n) is 6.12. The quantitative estimate of drug-likeness (QED) is 0.314. The van der Waals surface area contributed by atoms with Crippen molar-refractivity contribution in [2.75, 3.05) is 59.5 Å². The molecule has 154 valence electrons. The van der Waals surface area contributed by atoms with Crippen molar-refractivity contribution in [3.8, 4) is 0 Å². The van der Waals surface area contributed by atoms with E-state index in [0.717, 1.165) is 58.7 Å². The Bertz CT molecular complexity index is 426. The summed E-state index contributed by atoms with van der Waals surface area (Å²) in [6.45, 7) is 12.6. The Morgan fingerprint density at radius 2 is 1.96 bits per heavy atom. The van der Waals surface area contributed by atoms with Gasteiger partial charge in [0.25, 0.3) is 0 Å². The number of rotatable bonds is 7. The Kier molecular flexibility index (Phi) is 8.21. The lowest BCUT2D eigenvalue weighted by atomic mass is 9.83. The molecule has 2 heterocycles. The maximum atomic E-state index is 13.5. The number of nitrogens with two attached hydrogens (primary N) is 1. The van der Waals surface area contributed by atoms with Gasteiger partial charge in [-0.2, -0.15) is 0 Å². The molecule has 0 radical (unpaired) electrons. The maximum absolute atomic E-state index is 13.5. The molecule has 2 aliphatic heterocycles. The Labute approximate surface area is 158 Å². The molecule has 4 atom stereocenters. The van der Waals surface area contributed by atoms with Crippen molar-refractivity contribution in [3.63, 3.8) is 0 Å². The van der Waals surface area contributed by atoms with E-state index in [1.807, 2.05) is 14.0 Å². The van der Waals surface area contributed by atoms with Gasteiger partial charge in [-0.25, -0.2) is 10.4 Å². The van der Waals surface area contributed by atoms with Gasteiger partial charge in [-0.05, 0) is 32.2 Å². The number of alkyl halides is 1. The summed E-state index contributed by atoms with van der Waals surface area (Å²) >= 11 is 0. The Hall–Kier alpha value is -0.350. The molecule has 0 aromatic carbocycles. The second-order valence-electron chi connectivity index (χ2n) is 8.92. The van der Waals surface area contributed by atoms with Crippen LogP contribution in [-0.4, -0.2) is 81.7 Å². The molecule has 0 aromatic heterocycles. The molecule has 0 bridgehead atoms. The van der Waals surface area contributed by atoms with E-state index in [0.29, 0.717) is 6.04 Å². The fourth-order valence-corrected chi connectivity index (χ4v) is 4.21. The molecule has 0 saturated carbocycles. The van der Waals surface area contributed by atoms with E-state index in [9.17, 15) is 4.39 Å². The highest BCUT2D eigenvalue weighted by molar-refractivity contribution is 4.90. The van der Waals surface area contributed by atoms with Crippen LogP contribution < -0.4 is 27.3 Å². The standard InChI is InChI=1S/C18H40FN7/c1-15(24-20)25-8-7-22-11-17(2,13-25)6-5-16-9-23-12-18(3,10-19)14-26(16)21-4/h15-16,21-24H,5-14,20H2,1-4H3. The van der Waals surface area contributed by atoms with Gasteiger partial charge in [-0.1, -0.05) is 13.8 Å². The number of hydrogen-bond acceptors (Lipinski definition) is 7. The molecule has 8 heteroatoms. The van der Waals surface area contributed by atoms with Gasteiger partial charge in [-0.15, -0.1) is 0 Å². The molecule has 0 amide bonds. The third-order valence-corrected chi connectivity index (χ3v) is 6.12. The second-order valence-corrected chi connectivity index (χ2v) is 8.92. The van der Waals surface area contributed by atoms with Crippen LogP contribution in [0.2, 0.25) is 0 Å². The van der Waals surface area contributed by atoms with Crippen molar-refractivity contribution in [1.29, 1.82) is 0 Å². The van der Waals surface area contributed by atoms with E-state index in [1.54, 1.807) is 0 Å². The number of nitrogens with zero attached hydrogens (tertiary/aromatic N) is 2. The summed E-state index contributed by atoms with van der Waals surface area (Å²) < 4.78 is 13.5. The van der Waals surface area contributed by atoms with Gasteiger partial charge in [0.2, 0.25) is 0 Å². The van der Waals surface area contributed by atoms with Crippen molar-refractivity contribution in [2.24, 2.45) is 16.7 Å². The van der Waals surface area contributed by atoms with E-state index >= 15 is 0 Å². The minimum atomic E-state index is -0.329. The number of nitrogens with one attached hydrogen (secondary N) is 4. The predicted molar refractivity (Wildman–Crippen MR) is 105 cm³/mol. The molecular weight excluding hydrogens is 333 g/mol. The van der Waals surface area contributed by atoms with E-state index in [1.165, 1.54) is 0 Å². The Morgan fingerprint density at radius 1 is 1.23 bits per heavy atom. The first kappa shape index (κ1) is 21.9. The molecule has 2 aliphatic rings. The van der Waals surface area contributed by atoms with Gasteiger partial charge in [0.1, 0.15) is 0 Å². The van der Waals surface area contributed by atoms with Crippen LogP contribution in [0.15, 0.2) is 0 Å². The van der Waals surface area contributed by atoms with E-state index in [2.05, 4.69) is 45.2 Å². The van der Waals surface area contributed by atoms with E-state index < -0.39 is 0 Å². The zero-order valence-electron chi connectivity index (χ0n) is 17.1. The molecular formula is C18H40FN7.